The van der Waals surface area contributed by atoms with E-state index in [0.717, 1.165) is 18.7 Å². The Bertz CT molecular complexity index is 404. The highest BCUT2D eigenvalue weighted by molar-refractivity contribution is 7.99. The summed E-state index contributed by atoms with van der Waals surface area (Å²) in [6, 6.07) is 3.34. The number of nitrogens with one attached hydrogen (secondary N) is 1. The Balaban J connectivity index is 2.08. The quantitative estimate of drug-likeness (QED) is 0.882. The minimum atomic E-state index is 0.512. The first-order valence-corrected chi connectivity index (χ1v) is 8.28. The molecule has 2 heterocycles. The fraction of sp³-hybridized carbons (Fsp3) is 0.786. The first-order chi connectivity index (χ1) is 9.11. The zero-order valence-electron chi connectivity index (χ0n) is 12.5. The van der Waals surface area contributed by atoms with Gasteiger partial charge in [0.25, 0.3) is 0 Å². The van der Waals surface area contributed by atoms with Gasteiger partial charge < -0.3 is 10.2 Å². The van der Waals surface area contributed by atoms with Gasteiger partial charge in [-0.15, -0.1) is 0 Å². The van der Waals surface area contributed by atoms with E-state index in [1.165, 1.54) is 23.7 Å². The highest BCUT2D eigenvalue weighted by Gasteiger charge is 2.28. The van der Waals surface area contributed by atoms with E-state index in [9.17, 15) is 0 Å². The third-order valence-electron chi connectivity index (χ3n) is 3.90. The van der Waals surface area contributed by atoms with Crippen molar-refractivity contribution in [2.75, 3.05) is 31.6 Å². The van der Waals surface area contributed by atoms with Crippen molar-refractivity contribution in [3.63, 3.8) is 0 Å². The molecule has 1 aliphatic heterocycles. The molecule has 1 aromatic rings. The number of hydrogen-bond donors (Lipinski definition) is 1. The standard InChI is InChI=1S/C14H26N4S/c1-5-15-13(14-10-19-7-6-17(14)3)9-12-8-11(2)16-18(12)4/h8,13-15H,5-7,9-10H2,1-4H3. The van der Waals surface area contributed by atoms with E-state index in [1.807, 2.05) is 11.7 Å². The zero-order chi connectivity index (χ0) is 13.8. The van der Waals surface area contributed by atoms with Crippen LogP contribution in [0.3, 0.4) is 0 Å². The lowest BCUT2D eigenvalue weighted by Gasteiger charge is -2.38. The predicted molar refractivity (Wildman–Crippen MR) is 82.9 cm³/mol. The summed E-state index contributed by atoms with van der Waals surface area (Å²) in [6.07, 6.45) is 1.06. The molecule has 1 N–H and O–H groups in total. The van der Waals surface area contributed by atoms with Crippen molar-refractivity contribution >= 4 is 11.8 Å². The summed E-state index contributed by atoms with van der Waals surface area (Å²) in [4.78, 5) is 2.51. The lowest BCUT2D eigenvalue weighted by Crippen LogP contribution is -2.53. The van der Waals surface area contributed by atoms with Gasteiger partial charge in [0.05, 0.1) is 5.69 Å². The molecule has 0 bridgehead atoms. The van der Waals surface area contributed by atoms with Crippen LogP contribution in [0.25, 0.3) is 0 Å². The van der Waals surface area contributed by atoms with Gasteiger partial charge in [0, 0.05) is 49.3 Å². The van der Waals surface area contributed by atoms with Crippen LogP contribution in [-0.2, 0) is 13.5 Å². The monoisotopic (exact) mass is 282 g/mol. The number of aryl methyl sites for hydroxylation is 2. The second kappa shape index (κ2) is 6.77. The molecular formula is C14H26N4S. The molecule has 0 amide bonds. The number of hydrogen-bond acceptors (Lipinski definition) is 4. The van der Waals surface area contributed by atoms with Gasteiger partial charge >= 0.3 is 0 Å². The van der Waals surface area contributed by atoms with Crippen LogP contribution >= 0.6 is 11.8 Å². The molecule has 0 saturated carbocycles. The van der Waals surface area contributed by atoms with Gasteiger partial charge in [0.15, 0.2) is 0 Å². The Hall–Kier alpha value is -0.520. The van der Waals surface area contributed by atoms with Crippen molar-refractivity contribution in [1.82, 2.24) is 20.0 Å². The Morgan fingerprint density at radius 3 is 2.89 bits per heavy atom. The highest BCUT2D eigenvalue weighted by atomic mass is 32.2. The predicted octanol–water partition coefficient (Wildman–Crippen LogP) is 1.30. The molecule has 2 unspecified atom stereocenters. The molecule has 0 spiro atoms. The Morgan fingerprint density at radius 2 is 2.32 bits per heavy atom. The SMILES string of the molecule is CCNC(Cc1cc(C)nn1C)C1CSCCN1C. The van der Waals surface area contributed by atoms with Crippen molar-refractivity contribution in [2.45, 2.75) is 32.4 Å². The highest BCUT2D eigenvalue weighted by Crippen LogP contribution is 2.20. The molecule has 1 aromatic heterocycles. The fourth-order valence-electron chi connectivity index (χ4n) is 2.82. The number of rotatable bonds is 5. The number of thioether (sulfide) groups is 1. The van der Waals surface area contributed by atoms with Crippen molar-refractivity contribution in [3.8, 4) is 0 Å². The second-order valence-corrected chi connectivity index (χ2v) is 6.54. The maximum atomic E-state index is 4.46. The largest absolute Gasteiger partial charge is 0.312 e. The molecule has 19 heavy (non-hydrogen) atoms. The number of likely N-dealkylation sites (N-methyl/N-ethyl adjacent to an activating group) is 2. The molecule has 4 nitrogen and oxygen atoms in total. The summed E-state index contributed by atoms with van der Waals surface area (Å²) in [7, 11) is 4.30. The topological polar surface area (TPSA) is 33.1 Å². The van der Waals surface area contributed by atoms with E-state index in [0.29, 0.717) is 12.1 Å². The Labute approximate surface area is 120 Å². The molecule has 0 aromatic carbocycles. The van der Waals surface area contributed by atoms with Crippen molar-refractivity contribution in [1.29, 1.82) is 0 Å². The van der Waals surface area contributed by atoms with Crippen LogP contribution in [0.5, 0.6) is 0 Å². The maximum absolute atomic E-state index is 4.46. The fourth-order valence-corrected chi connectivity index (χ4v) is 4.13. The van der Waals surface area contributed by atoms with E-state index in [1.54, 1.807) is 0 Å². The molecule has 0 aliphatic carbocycles. The van der Waals surface area contributed by atoms with Gasteiger partial charge in [0.1, 0.15) is 0 Å². The summed E-state index contributed by atoms with van der Waals surface area (Å²) in [5.41, 5.74) is 2.44. The molecule has 0 radical (unpaired) electrons. The second-order valence-electron chi connectivity index (χ2n) is 5.39. The third-order valence-corrected chi connectivity index (χ3v) is 4.95. The summed E-state index contributed by atoms with van der Waals surface area (Å²) in [6.45, 7) is 6.48. The Morgan fingerprint density at radius 1 is 1.53 bits per heavy atom. The van der Waals surface area contributed by atoms with Gasteiger partial charge in [-0.3, -0.25) is 4.68 Å². The molecule has 1 saturated heterocycles. The molecule has 1 aliphatic rings. The lowest BCUT2D eigenvalue weighted by molar-refractivity contribution is 0.213. The van der Waals surface area contributed by atoms with Crippen molar-refractivity contribution < 1.29 is 0 Å². The van der Waals surface area contributed by atoms with Gasteiger partial charge in [-0.2, -0.15) is 16.9 Å². The average Bonchev–Trinajstić information content (AvgIpc) is 2.68. The van der Waals surface area contributed by atoms with Crippen LogP contribution in [0.15, 0.2) is 6.07 Å². The van der Waals surface area contributed by atoms with E-state index in [-0.39, 0.29) is 0 Å². The number of aromatic nitrogens is 2. The number of nitrogens with zero attached hydrogens (tertiary/aromatic N) is 3. The van der Waals surface area contributed by atoms with E-state index in [2.05, 4.69) is 54.0 Å². The van der Waals surface area contributed by atoms with Crippen LogP contribution in [0.1, 0.15) is 18.3 Å². The molecule has 2 atom stereocenters. The van der Waals surface area contributed by atoms with Crippen LogP contribution in [0, 0.1) is 6.92 Å². The molecule has 2 rings (SSSR count). The zero-order valence-corrected chi connectivity index (χ0v) is 13.3. The van der Waals surface area contributed by atoms with E-state index >= 15 is 0 Å². The first-order valence-electron chi connectivity index (χ1n) is 7.12. The first kappa shape index (κ1) is 14.9. The summed E-state index contributed by atoms with van der Waals surface area (Å²) in [5, 5.41) is 8.13. The van der Waals surface area contributed by atoms with Gasteiger partial charge in [-0.25, -0.2) is 0 Å². The van der Waals surface area contributed by atoms with Crippen molar-refractivity contribution in [2.24, 2.45) is 7.05 Å². The maximum Gasteiger partial charge on any atom is 0.0596 e. The minimum absolute atomic E-state index is 0.512. The van der Waals surface area contributed by atoms with Crippen LogP contribution in [-0.4, -0.2) is 58.4 Å². The van der Waals surface area contributed by atoms with Gasteiger partial charge in [0.2, 0.25) is 0 Å². The molecule has 108 valence electrons. The van der Waals surface area contributed by atoms with E-state index in [4.69, 9.17) is 0 Å². The lowest BCUT2D eigenvalue weighted by atomic mass is 10.0. The van der Waals surface area contributed by atoms with Crippen molar-refractivity contribution in [3.05, 3.63) is 17.5 Å². The van der Waals surface area contributed by atoms with E-state index < -0.39 is 0 Å². The smallest absolute Gasteiger partial charge is 0.0596 e. The normalized spacial score (nSPS) is 22.6. The molecule has 1 fully saturated rings. The van der Waals surface area contributed by atoms with Crippen LogP contribution < -0.4 is 5.32 Å². The summed E-state index contributed by atoms with van der Waals surface area (Å²) >= 11 is 2.08. The third kappa shape index (κ3) is 3.74. The minimum Gasteiger partial charge on any atom is -0.312 e. The summed E-state index contributed by atoms with van der Waals surface area (Å²) < 4.78 is 2.02. The van der Waals surface area contributed by atoms with Gasteiger partial charge in [-0.1, -0.05) is 6.92 Å². The molecule has 5 heteroatoms. The summed E-state index contributed by atoms with van der Waals surface area (Å²) in [5.74, 6) is 2.49. The van der Waals surface area contributed by atoms with Crippen LogP contribution in [0.4, 0.5) is 0 Å². The average molecular weight is 282 g/mol. The van der Waals surface area contributed by atoms with Gasteiger partial charge in [-0.05, 0) is 26.6 Å². The Kier molecular flexibility index (Phi) is 5.30. The van der Waals surface area contributed by atoms with Crippen LogP contribution in [0.2, 0.25) is 0 Å². The molecular weight excluding hydrogens is 256 g/mol.